The van der Waals surface area contributed by atoms with Crippen molar-refractivity contribution < 1.29 is 9.53 Å². The molecule has 1 saturated heterocycles. The summed E-state index contributed by atoms with van der Waals surface area (Å²) in [5.74, 6) is -0.0319. The van der Waals surface area contributed by atoms with Gasteiger partial charge >= 0.3 is 0 Å². The molecule has 1 heterocycles. The van der Waals surface area contributed by atoms with E-state index < -0.39 is 0 Å². The molecule has 0 aromatic carbocycles. The van der Waals surface area contributed by atoms with Crippen molar-refractivity contribution in [3.63, 3.8) is 0 Å². The first-order valence-electron chi connectivity index (χ1n) is 5.87. The third-order valence-corrected chi connectivity index (χ3v) is 3.23. The Balaban J connectivity index is 2.25. The average Bonchev–Trinajstić information content (AvgIpc) is 2.10. The molecule has 0 aromatic rings. The summed E-state index contributed by atoms with van der Waals surface area (Å²) in [6, 6.07) is 0.149. The lowest BCUT2D eigenvalue weighted by Gasteiger charge is -2.39. The molecule has 4 nitrogen and oxygen atoms in total. The normalized spacial score (nSPS) is 21.1. The van der Waals surface area contributed by atoms with Crippen LogP contribution in [-0.2, 0) is 9.53 Å². The zero-order valence-electron chi connectivity index (χ0n) is 11.0. The van der Waals surface area contributed by atoms with Gasteiger partial charge in [0.15, 0.2) is 0 Å². The van der Waals surface area contributed by atoms with E-state index in [4.69, 9.17) is 4.74 Å². The van der Waals surface area contributed by atoms with Gasteiger partial charge in [0.25, 0.3) is 0 Å². The molecule has 1 aliphatic heterocycles. The molecule has 16 heavy (non-hydrogen) atoms. The lowest BCUT2D eigenvalue weighted by Crippen LogP contribution is -2.60. The molecule has 1 aliphatic rings. The molecular formula is C12H24N2O2. The number of hydrogen-bond donors (Lipinski definition) is 2. The van der Waals surface area contributed by atoms with Crippen LogP contribution in [0, 0.1) is 5.41 Å². The van der Waals surface area contributed by atoms with Crippen LogP contribution in [0.3, 0.4) is 0 Å². The van der Waals surface area contributed by atoms with Crippen molar-refractivity contribution >= 4 is 5.91 Å². The molecule has 4 heteroatoms. The first-order valence-corrected chi connectivity index (χ1v) is 5.87. The molecule has 0 aliphatic carbocycles. The van der Waals surface area contributed by atoms with Crippen LogP contribution < -0.4 is 10.6 Å². The highest BCUT2D eigenvalue weighted by Crippen LogP contribution is 2.19. The minimum atomic E-state index is -0.150. The van der Waals surface area contributed by atoms with Crippen molar-refractivity contribution in [1.82, 2.24) is 10.6 Å². The van der Waals surface area contributed by atoms with Gasteiger partial charge in [0, 0.05) is 19.1 Å². The van der Waals surface area contributed by atoms with Crippen LogP contribution in [-0.4, -0.2) is 37.2 Å². The van der Waals surface area contributed by atoms with E-state index in [0.29, 0.717) is 0 Å². The van der Waals surface area contributed by atoms with E-state index in [1.54, 1.807) is 0 Å². The molecular weight excluding hydrogens is 204 g/mol. The molecule has 94 valence electrons. The summed E-state index contributed by atoms with van der Waals surface area (Å²) in [5.41, 5.74) is -0.0695. The molecule has 0 radical (unpaired) electrons. The highest BCUT2D eigenvalue weighted by atomic mass is 16.5. The van der Waals surface area contributed by atoms with E-state index >= 15 is 0 Å². The number of hydrogen-bond acceptors (Lipinski definition) is 3. The van der Waals surface area contributed by atoms with E-state index in [0.717, 1.165) is 13.1 Å². The summed E-state index contributed by atoms with van der Waals surface area (Å²) in [6.07, 6.45) is 0. The summed E-state index contributed by atoms with van der Waals surface area (Å²) in [7, 11) is 0. The van der Waals surface area contributed by atoms with Crippen molar-refractivity contribution in [3.8, 4) is 0 Å². The first-order chi connectivity index (χ1) is 7.23. The Morgan fingerprint density at radius 3 is 2.44 bits per heavy atom. The summed E-state index contributed by atoms with van der Waals surface area (Å²) >= 11 is 0. The highest BCUT2D eigenvalue weighted by Gasteiger charge is 2.33. The van der Waals surface area contributed by atoms with Crippen molar-refractivity contribution in [2.24, 2.45) is 5.41 Å². The molecule has 1 fully saturated rings. The Morgan fingerprint density at radius 2 is 2.06 bits per heavy atom. The second-order valence-corrected chi connectivity index (χ2v) is 6.00. The fourth-order valence-corrected chi connectivity index (χ4v) is 1.32. The quantitative estimate of drug-likeness (QED) is 0.752. The smallest absolute Gasteiger partial charge is 0.246 e. The van der Waals surface area contributed by atoms with Gasteiger partial charge in [-0.2, -0.15) is 0 Å². The predicted molar refractivity (Wildman–Crippen MR) is 64.3 cm³/mol. The zero-order chi connectivity index (χ0) is 12.4. The summed E-state index contributed by atoms with van der Waals surface area (Å²) in [5, 5.41) is 6.09. The minimum absolute atomic E-state index is 0.0319. The SMILES string of the molecule is CC(NC(=O)COC1(C)CNC1)C(C)(C)C. The molecule has 2 N–H and O–H groups in total. The maximum Gasteiger partial charge on any atom is 0.246 e. The third-order valence-electron chi connectivity index (χ3n) is 3.23. The molecule has 1 amide bonds. The predicted octanol–water partition coefficient (Wildman–Crippen LogP) is 0.916. The van der Waals surface area contributed by atoms with E-state index in [1.807, 2.05) is 13.8 Å². The lowest BCUT2D eigenvalue weighted by molar-refractivity contribution is -0.137. The van der Waals surface area contributed by atoms with Crippen LogP contribution in [0.1, 0.15) is 34.6 Å². The monoisotopic (exact) mass is 228 g/mol. The molecule has 0 saturated carbocycles. The molecule has 1 unspecified atom stereocenters. The summed E-state index contributed by atoms with van der Waals surface area (Å²) in [6.45, 7) is 12.2. The molecule has 0 bridgehead atoms. The van der Waals surface area contributed by atoms with Crippen LogP contribution in [0.25, 0.3) is 0 Å². The lowest BCUT2D eigenvalue weighted by atomic mass is 9.88. The number of ether oxygens (including phenoxy) is 1. The van der Waals surface area contributed by atoms with E-state index in [1.165, 1.54) is 0 Å². The van der Waals surface area contributed by atoms with Gasteiger partial charge in [-0.25, -0.2) is 0 Å². The second-order valence-electron chi connectivity index (χ2n) is 6.00. The topological polar surface area (TPSA) is 50.4 Å². The standard InChI is InChI=1S/C12H24N2O2/c1-9(11(2,3)4)14-10(15)6-16-12(5)7-13-8-12/h9,13H,6-8H2,1-5H3,(H,14,15). The van der Waals surface area contributed by atoms with E-state index in [-0.39, 0.29) is 29.6 Å². The van der Waals surface area contributed by atoms with Gasteiger partial charge < -0.3 is 15.4 Å². The molecule has 0 aromatic heterocycles. The Kier molecular flexibility index (Phi) is 3.97. The minimum Gasteiger partial charge on any atom is -0.363 e. The van der Waals surface area contributed by atoms with Crippen molar-refractivity contribution in [2.45, 2.75) is 46.3 Å². The van der Waals surface area contributed by atoms with Gasteiger partial charge in [-0.3, -0.25) is 4.79 Å². The Labute approximate surface area is 98.1 Å². The van der Waals surface area contributed by atoms with Crippen molar-refractivity contribution in [2.75, 3.05) is 19.7 Å². The maximum absolute atomic E-state index is 11.6. The fourth-order valence-electron chi connectivity index (χ4n) is 1.32. The largest absolute Gasteiger partial charge is 0.363 e. The van der Waals surface area contributed by atoms with Gasteiger partial charge in [-0.15, -0.1) is 0 Å². The first kappa shape index (κ1) is 13.5. The van der Waals surface area contributed by atoms with Crippen LogP contribution >= 0.6 is 0 Å². The number of carbonyl (C=O) groups excluding carboxylic acids is 1. The van der Waals surface area contributed by atoms with Gasteiger partial charge in [0.05, 0.1) is 5.60 Å². The molecule has 1 rings (SSSR count). The second kappa shape index (κ2) is 4.72. The van der Waals surface area contributed by atoms with Gasteiger partial charge in [-0.1, -0.05) is 20.8 Å². The van der Waals surface area contributed by atoms with Crippen LogP contribution in [0.2, 0.25) is 0 Å². The van der Waals surface area contributed by atoms with E-state index in [9.17, 15) is 4.79 Å². The Bertz CT molecular complexity index is 254. The van der Waals surface area contributed by atoms with Crippen LogP contribution in [0.5, 0.6) is 0 Å². The number of carbonyl (C=O) groups is 1. The zero-order valence-corrected chi connectivity index (χ0v) is 11.0. The van der Waals surface area contributed by atoms with Crippen LogP contribution in [0.4, 0.5) is 0 Å². The van der Waals surface area contributed by atoms with E-state index in [2.05, 4.69) is 31.4 Å². The molecule has 0 spiro atoms. The highest BCUT2D eigenvalue weighted by molar-refractivity contribution is 5.77. The fraction of sp³-hybridized carbons (Fsp3) is 0.917. The number of nitrogens with one attached hydrogen (secondary N) is 2. The third kappa shape index (κ3) is 3.76. The maximum atomic E-state index is 11.6. The average molecular weight is 228 g/mol. The van der Waals surface area contributed by atoms with Crippen molar-refractivity contribution in [1.29, 1.82) is 0 Å². The molecule has 1 atom stereocenters. The van der Waals surface area contributed by atoms with Gasteiger partial charge in [0.2, 0.25) is 5.91 Å². The Hall–Kier alpha value is -0.610. The number of rotatable bonds is 4. The van der Waals surface area contributed by atoms with Gasteiger partial charge in [0.1, 0.15) is 6.61 Å². The van der Waals surface area contributed by atoms with Gasteiger partial charge in [-0.05, 0) is 19.3 Å². The van der Waals surface area contributed by atoms with Crippen molar-refractivity contribution in [3.05, 3.63) is 0 Å². The summed E-state index contributed by atoms with van der Waals surface area (Å²) in [4.78, 5) is 11.6. The Morgan fingerprint density at radius 1 is 1.50 bits per heavy atom. The number of amides is 1. The summed E-state index contributed by atoms with van der Waals surface area (Å²) < 4.78 is 5.57. The van der Waals surface area contributed by atoms with Crippen LogP contribution in [0.15, 0.2) is 0 Å².